The molecule has 286 valence electrons. The number of hydrogen-bond donors (Lipinski definition) is 0. The molecule has 0 saturated heterocycles. The molecule has 1 heterocycles. The third-order valence-corrected chi connectivity index (χ3v) is 10.4. The maximum Gasteiger partial charge on any atom is 0.190 e. The second-order valence-corrected chi connectivity index (χ2v) is 16.4. The zero-order chi connectivity index (χ0) is 40.5. The van der Waals surface area contributed by atoms with E-state index < -0.39 is 10.8 Å². The number of rotatable bonds is 8. The molecule has 0 amide bonds. The first kappa shape index (κ1) is 38.8. The van der Waals surface area contributed by atoms with Crippen molar-refractivity contribution < 1.29 is 23.5 Å². The van der Waals surface area contributed by atoms with Crippen LogP contribution in [0.2, 0.25) is 0 Å². The van der Waals surface area contributed by atoms with Crippen molar-refractivity contribution in [1.29, 1.82) is 0 Å². The van der Waals surface area contributed by atoms with E-state index in [4.69, 9.17) is 13.9 Å². The molecule has 0 spiro atoms. The van der Waals surface area contributed by atoms with E-state index >= 15 is 0 Å². The van der Waals surface area contributed by atoms with Crippen LogP contribution in [0, 0.1) is 10.8 Å². The summed E-state index contributed by atoms with van der Waals surface area (Å²) in [6.45, 7) is 12.4. The summed E-state index contributed by atoms with van der Waals surface area (Å²) in [4.78, 5) is 28.4. The molecule has 0 N–H and O–H groups in total. The van der Waals surface area contributed by atoms with Crippen LogP contribution in [0.3, 0.4) is 0 Å². The molecular weight excluding hydrogens is 705 g/mol. The first-order valence-corrected chi connectivity index (χ1v) is 19.2. The monoisotopic (exact) mass is 752 g/mol. The Balaban J connectivity index is 1.54. The highest BCUT2D eigenvalue weighted by molar-refractivity contribution is 6.32. The molecule has 5 nitrogen and oxygen atoms in total. The van der Waals surface area contributed by atoms with Gasteiger partial charge in [-0.1, -0.05) is 126 Å². The number of benzene rings is 4. The van der Waals surface area contributed by atoms with Crippen LogP contribution in [0.25, 0.3) is 22.3 Å². The number of Topliss-reactive ketones (excluding diaryl/α,β-unsaturated/α-hetero) is 2. The van der Waals surface area contributed by atoms with Crippen LogP contribution in [0.1, 0.15) is 75.3 Å². The lowest BCUT2D eigenvalue weighted by molar-refractivity contribution is -0.112. The minimum atomic E-state index is -0.438. The Labute approximate surface area is 336 Å². The minimum Gasteiger partial charge on any atom is -0.497 e. The fourth-order valence-corrected chi connectivity index (χ4v) is 7.39. The lowest BCUT2D eigenvalue weighted by Gasteiger charge is -2.27. The number of ether oxygens (including phenoxy) is 2. The van der Waals surface area contributed by atoms with E-state index in [2.05, 4.69) is 41.5 Å². The summed E-state index contributed by atoms with van der Waals surface area (Å²) in [5.41, 5.74) is 8.50. The van der Waals surface area contributed by atoms with E-state index in [-0.39, 0.29) is 11.6 Å². The first-order valence-electron chi connectivity index (χ1n) is 19.2. The quantitative estimate of drug-likeness (QED) is 0.158. The molecular formula is C52H48O5. The Morgan fingerprint density at radius 1 is 0.474 bits per heavy atom. The maximum atomic E-state index is 14.2. The second kappa shape index (κ2) is 15.6. The van der Waals surface area contributed by atoms with Crippen LogP contribution >= 0.6 is 0 Å². The molecule has 2 aliphatic carbocycles. The number of ketones is 2. The van der Waals surface area contributed by atoms with Crippen molar-refractivity contribution in [2.75, 3.05) is 14.2 Å². The molecule has 5 heteroatoms. The van der Waals surface area contributed by atoms with Gasteiger partial charge in [-0.3, -0.25) is 9.59 Å². The summed E-state index contributed by atoms with van der Waals surface area (Å²) in [5.74, 6) is 2.61. The number of methoxy groups -OCH3 is 2. The summed E-state index contributed by atoms with van der Waals surface area (Å²) in [7, 11) is 3.30. The Morgan fingerprint density at radius 2 is 0.860 bits per heavy atom. The average molecular weight is 753 g/mol. The summed E-state index contributed by atoms with van der Waals surface area (Å²) in [6, 6.07) is 39.4. The van der Waals surface area contributed by atoms with Crippen molar-refractivity contribution in [1.82, 2.24) is 0 Å². The number of carbonyl (C=O) groups is 2. The molecule has 0 saturated carbocycles. The number of hydrogen-bond acceptors (Lipinski definition) is 5. The van der Waals surface area contributed by atoms with Crippen molar-refractivity contribution >= 4 is 33.9 Å². The molecule has 0 radical (unpaired) electrons. The summed E-state index contributed by atoms with van der Waals surface area (Å²) in [6.07, 6.45) is 7.97. The third-order valence-electron chi connectivity index (χ3n) is 10.4. The third kappa shape index (κ3) is 7.97. The van der Waals surface area contributed by atoms with Gasteiger partial charge in [0.25, 0.3) is 0 Å². The predicted molar refractivity (Wildman–Crippen MR) is 231 cm³/mol. The average Bonchev–Trinajstić information content (AvgIpc) is 3.67. The standard InChI is InChI=1S/C52H48O5/c1-51(2,3)43-31-37(29-41(49(43)53)33-17-11-9-12-18-33)47(35-21-15-23-39(27-35)55-7)45-25-26-46(57-45)48(36-22-16-24-40(28-36)56-8)38-30-42(34-19-13-10-14-20-34)50(54)44(32-38)52(4,5)6/h9-32H,1-8H3. The van der Waals surface area contributed by atoms with Crippen LogP contribution in [0.4, 0.5) is 0 Å². The fraction of sp³-hybridized carbons (Fsp3) is 0.192. The highest BCUT2D eigenvalue weighted by Gasteiger charge is 2.33. The van der Waals surface area contributed by atoms with Gasteiger partial charge in [0.15, 0.2) is 11.6 Å². The first-order chi connectivity index (χ1) is 27.3. The van der Waals surface area contributed by atoms with Crippen LogP contribution < -0.4 is 9.47 Å². The second-order valence-electron chi connectivity index (χ2n) is 16.4. The van der Waals surface area contributed by atoms with Crippen molar-refractivity contribution in [2.24, 2.45) is 10.8 Å². The molecule has 0 bridgehead atoms. The van der Waals surface area contributed by atoms with Gasteiger partial charge < -0.3 is 13.9 Å². The van der Waals surface area contributed by atoms with Gasteiger partial charge in [-0.05, 0) is 105 Å². The van der Waals surface area contributed by atoms with Gasteiger partial charge in [0.05, 0.1) is 14.2 Å². The van der Waals surface area contributed by atoms with E-state index in [1.165, 1.54) is 0 Å². The Kier molecular flexibility index (Phi) is 10.6. The van der Waals surface area contributed by atoms with E-state index in [0.29, 0.717) is 45.3 Å². The molecule has 5 aromatic rings. The molecule has 1 aromatic heterocycles. The summed E-state index contributed by atoms with van der Waals surface area (Å²) >= 11 is 0. The van der Waals surface area contributed by atoms with Crippen LogP contribution in [0.15, 0.2) is 172 Å². The Hall–Kier alpha value is -6.46. The highest BCUT2D eigenvalue weighted by atomic mass is 16.5. The van der Waals surface area contributed by atoms with Gasteiger partial charge >= 0.3 is 0 Å². The van der Waals surface area contributed by atoms with Gasteiger partial charge in [0, 0.05) is 33.4 Å². The lowest BCUT2D eigenvalue weighted by atomic mass is 9.75. The molecule has 4 aromatic carbocycles. The van der Waals surface area contributed by atoms with Crippen LogP contribution in [-0.2, 0) is 9.59 Å². The van der Waals surface area contributed by atoms with Gasteiger partial charge in [-0.25, -0.2) is 0 Å². The van der Waals surface area contributed by atoms with E-state index in [9.17, 15) is 9.59 Å². The minimum absolute atomic E-state index is 0.00177. The van der Waals surface area contributed by atoms with Crippen molar-refractivity contribution in [2.45, 2.75) is 41.5 Å². The smallest absolute Gasteiger partial charge is 0.190 e. The van der Waals surface area contributed by atoms with Gasteiger partial charge in [-0.2, -0.15) is 0 Å². The Morgan fingerprint density at radius 3 is 1.21 bits per heavy atom. The van der Waals surface area contributed by atoms with Gasteiger partial charge in [-0.15, -0.1) is 0 Å². The predicted octanol–water partition coefficient (Wildman–Crippen LogP) is 12.2. The molecule has 0 atom stereocenters. The summed E-state index contributed by atoms with van der Waals surface area (Å²) in [5, 5.41) is 0. The molecule has 2 aliphatic rings. The number of carbonyl (C=O) groups excluding carboxylic acids is 2. The van der Waals surface area contributed by atoms with Crippen molar-refractivity contribution in [3.05, 3.63) is 202 Å². The number of furan rings is 1. The van der Waals surface area contributed by atoms with Gasteiger partial charge in [0.1, 0.15) is 23.0 Å². The van der Waals surface area contributed by atoms with E-state index in [1.807, 2.05) is 146 Å². The van der Waals surface area contributed by atoms with Gasteiger partial charge in [0.2, 0.25) is 0 Å². The molecule has 0 aliphatic heterocycles. The lowest BCUT2D eigenvalue weighted by Crippen LogP contribution is -2.22. The number of allylic oxidation sites excluding steroid dienone is 10. The zero-order valence-electron chi connectivity index (χ0n) is 33.9. The largest absolute Gasteiger partial charge is 0.497 e. The van der Waals surface area contributed by atoms with Crippen LogP contribution in [0.5, 0.6) is 11.5 Å². The molecule has 57 heavy (non-hydrogen) atoms. The molecule has 0 fully saturated rings. The van der Waals surface area contributed by atoms with Crippen LogP contribution in [-0.4, -0.2) is 25.8 Å². The molecule has 7 rings (SSSR count). The molecule has 0 unspecified atom stereocenters. The SMILES string of the molecule is COc1cccc(C(=C2C=C(c3ccccc3)C(=O)C(C(C)(C)C)=C2)c2ccc(C(=C3C=C(c4ccccc4)C(=O)C(C(C)(C)C)=C3)c3cccc(OC)c3)o2)c1. The van der Waals surface area contributed by atoms with Crippen molar-refractivity contribution in [3.8, 4) is 11.5 Å². The highest BCUT2D eigenvalue weighted by Crippen LogP contribution is 2.44. The van der Waals surface area contributed by atoms with E-state index in [1.54, 1.807) is 14.2 Å². The Bertz CT molecular complexity index is 2380. The van der Waals surface area contributed by atoms with Crippen molar-refractivity contribution in [3.63, 3.8) is 0 Å². The van der Waals surface area contributed by atoms with E-state index in [0.717, 1.165) is 44.5 Å². The summed E-state index contributed by atoms with van der Waals surface area (Å²) < 4.78 is 18.5. The topological polar surface area (TPSA) is 65.7 Å². The fourth-order valence-electron chi connectivity index (χ4n) is 7.39. The zero-order valence-corrected chi connectivity index (χ0v) is 33.9. The normalized spacial score (nSPS) is 16.6. The maximum absolute atomic E-state index is 14.2.